The molecule has 6 rings (SSSR count). The van der Waals surface area contributed by atoms with Gasteiger partial charge in [0.25, 0.3) is 5.91 Å². The van der Waals surface area contributed by atoms with Crippen LogP contribution in [0.5, 0.6) is 23.0 Å². The normalized spacial score (nSPS) is 12.0. The van der Waals surface area contributed by atoms with Crippen LogP contribution in [0.3, 0.4) is 0 Å². The standard InChI is InChI=1S/C32H24ClN3O5/c1-38-30-15-21(13-25(33)31(30)39-18-20-11-12-28-29(14-20)41-19-40-28)17-34-36-32(37)24-16-27(22-7-3-2-4-8-22)35-26-10-6-5-9-23(24)26/h2-17H,18-19H2,1H3,(H,36,37)/b34-17+. The van der Waals surface area contributed by atoms with Crippen molar-refractivity contribution in [3.63, 3.8) is 0 Å². The molecule has 0 atom stereocenters. The fraction of sp³-hybridized carbons (Fsp3) is 0.0938. The third-order valence-corrected chi connectivity index (χ3v) is 6.76. The molecule has 0 saturated heterocycles. The summed E-state index contributed by atoms with van der Waals surface area (Å²) in [5.74, 6) is 1.84. The van der Waals surface area contributed by atoms with Gasteiger partial charge in [0.1, 0.15) is 6.61 Å². The Kier molecular flexibility index (Phi) is 7.38. The second kappa shape index (κ2) is 11.6. The third kappa shape index (κ3) is 5.64. The molecule has 0 bridgehead atoms. The van der Waals surface area contributed by atoms with Crippen LogP contribution in [0, 0.1) is 0 Å². The Morgan fingerprint density at radius 3 is 2.66 bits per heavy atom. The Bertz CT molecular complexity index is 1780. The second-order valence-electron chi connectivity index (χ2n) is 9.15. The highest BCUT2D eigenvalue weighted by Crippen LogP contribution is 2.38. The number of nitrogens with zero attached hydrogens (tertiary/aromatic N) is 2. The van der Waals surface area contributed by atoms with Crippen LogP contribution in [0.2, 0.25) is 5.02 Å². The van der Waals surface area contributed by atoms with Crippen molar-refractivity contribution in [2.75, 3.05) is 13.9 Å². The fourth-order valence-corrected chi connectivity index (χ4v) is 4.76. The molecule has 0 aliphatic carbocycles. The van der Waals surface area contributed by atoms with Gasteiger partial charge in [-0.05, 0) is 47.5 Å². The number of carbonyl (C=O) groups excluding carboxylic acids is 1. The summed E-state index contributed by atoms with van der Waals surface area (Å²) in [5, 5.41) is 5.24. The van der Waals surface area contributed by atoms with Crippen LogP contribution in [0.1, 0.15) is 21.5 Å². The number of hydrogen-bond acceptors (Lipinski definition) is 7. The summed E-state index contributed by atoms with van der Waals surface area (Å²) in [4.78, 5) is 18.0. The lowest BCUT2D eigenvalue weighted by Gasteiger charge is -2.13. The smallest absolute Gasteiger partial charge is 0.272 e. The van der Waals surface area contributed by atoms with Gasteiger partial charge in [-0.3, -0.25) is 4.79 Å². The summed E-state index contributed by atoms with van der Waals surface area (Å²) in [6, 6.07) is 28.0. The van der Waals surface area contributed by atoms with Gasteiger partial charge >= 0.3 is 0 Å². The highest BCUT2D eigenvalue weighted by molar-refractivity contribution is 6.32. The average Bonchev–Trinajstić information content (AvgIpc) is 3.48. The van der Waals surface area contributed by atoms with Crippen LogP contribution in [0.15, 0.2) is 96.1 Å². The highest BCUT2D eigenvalue weighted by Gasteiger charge is 2.16. The number of hydrazone groups is 1. The van der Waals surface area contributed by atoms with Crippen LogP contribution >= 0.6 is 11.6 Å². The number of pyridine rings is 1. The van der Waals surface area contributed by atoms with Crippen molar-refractivity contribution >= 4 is 34.6 Å². The molecule has 9 heteroatoms. The van der Waals surface area contributed by atoms with Gasteiger partial charge in [-0.25, -0.2) is 10.4 Å². The van der Waals surface area contributed by atoms with Gasteiger partial charge < -0.3 is 18.9 Å². The number of ether oxygens (including phenoxy) is 4. The lowest BCUT2D eigenvalue weighted by Crippen LogP contribution is -2.18. The number of benzene rings is 4. The first-order valence-corrected chi connectivity index (χ1v) is 13.1. The highest BCUT2D eigenvalue weighted by atomic mass is 35.5. The van der Waals surface area contributed by atoms with E-state index in [1.165, 1.54) is 13.3 Å². The summed E-state index contributed by atoms with van der Waals surface area (Å²) in [7, 11) is 1.53. The minimum absolute atomic E-state index is 0.205. The van der Waals surface area contributed by atoms with Crippen molar-refractivity contribution in [2.24, 2.45) is 5.10 Å². The van der Waals surface area contributed by atoms with Crippen LogP contribution < -0.4 is 24.4 Å². The first kappa shape index (κ1) is 26.2. The third-order valence-electron chi connectivity index (χ3n) is 6.48. The van der Waals surface area contributed by atoms with Crippen molar-refractivity contribution in [1.82, 2.24) is 10.4 Å². The molecular formula is C32H24ClN3O5. The molecule has 0 radical (unpaired) electrons. The molecule has 1 aromatic heterocycles. The van der Waals surface area contributed by atoms with E-state index in [2.05, 4.69) is 10.5 Å². The molecule has 1 aliphatic heterocycles. The van der Waals surface area contributed by atoms with Gasteiger partial charge in [-0.1, -0.05) is 66.2 Å². The molecule has 1 N–H and O–H groups in total. The molecule has 0 spiro atoms. The lowest BCUT2D eigenvalue weighted by molar-refractivity contribution is 0.0956. The number of amides is 1. The van der Waals surface area contributed by atoms with Crippen LogP contribution in [-0.4, -0.2) is 31.0 Å². The summed E-state index contributed by atoms with van der Waals surface area (Å²) in [5.41, 5.74) is 6.93. The number of methoxy groups -OCH3 is 1. The number of halogens is 1. The van der Waals surface area contributed by atoms with Crippen molar-refractivity contribution in [3.05, 3.63) is 113 Å². The Morgan fingerprint density at radius 1 is 1.00 bits per heavy atom. The molecule has 1 amide bonds. The van der Waals surface area contributed by atoms with E-state index in [4.69, 9.17) is 35.5 Å². The van der Waals surface area contributed by atoms with E-state index in [1.807, 2.05) is 72.8 Å². The Morgan fingerprint density at radius 2 is 1.80 bits per heavy atom. The summed E-state index contributed by atoms with van der Waals surface area (Å²) < 4.78 is 22.3. The molecule has 204 valence electrons. The predicted octanol–water partition coefficient (Wildman–Crippen LogP) is 6.64. The number of carbonyl (C=O) groups is 1. The molecule has 0 saturated carbocycles. The van der Waals surface area contributed by atoms with Gasteiger partial charge in [0.05, 0.1) is 35.1 Å². The maximum absolute atomic E-state index is 13.2. The van der Waals surface area contributed by atoms with Crippen LogP contribution in [-0.2, 0) is 6.61 Å². The van der Waals surface area contributed by atoms with Gasteiger partial charge in [-0.15, -0.1) is 0 Å². The van der Waals surface area contributed by atoms with Gasteiger partial charge in [-0.2, -0.15) is 5.10 Å². The number of aromatic nitrogens is 1. The van der Waals surface area contributed by atoms with E-state index >= 15 is 0 Å². The minimum atomic E-state index is -0.362. The summed E-state index contributed by atoms with van der Waals surface area (Å²) >= 11 is 6.55. The van der Waals surface area contributed by atoms with Gasteiger partial charge in [0.15, 0.2) is 23.0 Å². The van der Waals surface area contributed by atoms with Crippen molar-refractivity contribution in [1.29, 1.82) is 0 Å². The Hall–Kier alpha value is -5.08. The zero-order valence-electron chi connectivity index (χ0n) is 22.0. The van der Waals surface area contributed by atoms with Crippen LogP contribution in [0.25, 0.3) is 22.2 Å². The SMILES string of the molecule is COc1cc(/C=N/NC(=O)c2cc(-c3ccccc3)nc3ccccc23)cc(Cl)c1OCc1ccc2c(c1)OCO2. The Balaban J connectivity index is 1.19. The molecule has 8 nitrogen and oxygen atoms in total. The maximum atomic E-state index is 13.2. The zero-order chi connectivity index (χ0) is 28.2. The summed E-state index contributed by atoms with van der Waals surface area (Å²) in [6.45, 7) is 0.456. The van der Waals surface area contributed by atoms with Gasteiger partial charge in [0, 0.05) is 10.9 Å². The van der Waals surface area contributed by atoms with E-state index in [0.29, 0.717) is 44.8 Å². The molecule has 2 heterocycles. The number of para-hydroxylation sites is 1. The quantitative estimate of drug-likeness (QED) is 0.168. The van der Waals surface area contributed by atoms with Crippen molar-refractivity contribution < 1.29 is 23.7 Å². The Labute approximate surface area is 241 Å². The number of rotatable bonds is 8. The molecule has 0 unspecified atom stereocenters. The fourth-order valence-electron chi connectivity index (χ4n) is 4.49. The molecule has 5 aromatic rings. The topological polar surface area (TPSA) is 91.3 Å². The molecule has 0 fully saturated rings. The maximum Gasteiger partial charge on any atom is 0.272 e. The van der Waals surface area contributed by atoms with E-state index in [-0.39, 0.29) is 19.3 Å². The largest absolute Gasteiger partial charge is 0.493 e. The molecule has 4 aromatic carbocycles. The minimum Gasteiger partial charge on any atom is -0.493 e. The molecule has 41 heavy (non-hydrogen) atoms. The van der Waals surface area contributed by atoms with E-state index in [9.17, 15) is 4.79 Å². The first-order chi connectivity index (χ1) is 20.1. The first-order valence-electron chi connectivity index (χ1n) is 12.8. The zero-order valence-corrected chi connectivity index (χ0v) is 22.7. The second-order valence-corrected chi connectivity index (χ2v) is 9.55. The number of nitrogens with one attached hydrogen (secondary N) is 1. The molecule has 1 aliphatic rings. The molecular weight excluding hydrogens is 542 g/mol. The monoisotopic (exact) mass is 565 g/mol. The summed E-state index contributed by atoms with van der Waals surface area (Å²) in [6.07, 6.45) is 1.50. The van der Waals surface area contributed by atoms with E-state index < -0.39 is 0 Å². The van der Waals surface area contributed by atoms with Gasteiger partial charge in [0.2, 0.25) is 6.79 Å². The number of hydrogen-bond donors (Lipinski definition) is 1. The van der Waals surface area contributed by atoms with Crippen LogP contribution in [0.4, 0.5) is 0 Å². The number of fused-ring (bicyclic) bond motifs is 2. The van der Waals surface area contributed by atoms with Crippen molar-refractivity contribution in [2.45, 2.75) is 6.61 Å². The lowest BCUT2D eigenvalue weighted by atomic mass is 10.0. The van der Waals surface area contributed by atoms with E-state index in [0.717, 1.165) is 22.0 Å². The van der Waals surface area contributed by atoms with E-state index in [1.54, 1.807) is 18.2 Å². The average molecular weight is 566 g/mol. The predicted molar refractivity (Wildman–Crippen MR) is 157 cm³/mol. The van der Waals surface area contributed by atoms with Crippen molar-refractivity contribution in [3.8, 4) is 34.3 Å².